The molecule has 2 rings (SSSR count). The fourth-order valence-corrected chi connectivity index (χ4v) is 4.12. The maximum Gasteiger partial charge on any atom is 0.243 e. The standard InChI is InChI=1S/C12H16F2N2O2S.ClH/c1-8-4-9(6-15)7-16(8)19(17,18)10-2-3-11(13)12(14)5-10;/h2-3,5,8-9H,4,6-7,15H2,1H3;1H. The van der Waals surface area contributed by atoms with Gasteiger partial charge in [-0.15, -0.1) is 12.4 Å². The van der Waals surface area contributed by atoms with Crippen molar-refractivity contribution in [3.63, 3.8) is 0 Å². The van der Waals surface area contributed by atoms with Crippen LogP contribution in [0.15, 0.2) is 23.1 Å². The molecule has 0 spiro atoms. The van der Waals surface area contributed by atoms with Gasteiger partial charge in [0.15, 0.2) is 11.6 Å². The smallest absolute Gasteiger partial charge is 0.243 e. The van der Waals surface area contributed by atoms with E-state index in [0.717, 1.165) is 12.1 Å². The zero-order valence-corrected chi connectivity index (χ0v) is 12.6. The topological polar surface area (TPSA) is 63.4 Å². The summed E-state index contributed by atoms with van der Waals surface area (Å²) in [6.07, 6.45) is 0.680. The zero-order valence-electron chi connectivity index (χ0n) is 10.9. The van der Waals surface area contributed by atoms with Gasteiger partial charge in [-0.25, -0.2) is 17.2 Å². The number of halogens is 3. The average Bonchev–Trinajstić information content (AvgIpc) is 2.74. The summed E-state index contributed by atoms with van der Waals surface area (Å²) < 4.78 is 52.1. The van der Waals surface area contributed by atoms with Crippen molar-refractivity contribution in [2.45, 2.75) is 24.3 Å². The van der Waals surface area contributed by atoms with Gasteiger partial charge in [0.05, 0.1) is 4.90 Å². The molecule has 0 amide bonds. The van der Waals surface area contributed by atoms with Crippen molar-refractivity contribution in [1.29, 1.82) is 0 Å². The highest BCUT2D eigenvalue weighted by Crippen LogP contribution is 2.29. The predicted octanol–water partition coefficient (Wildman–Crippen LogP) is 1.74. The lowest BCUT2D eigenvalue weighted by Gasteiger charge is -2.21. The Morgan fingerprint density at radius 3 is 2.50 bits per heavy atom. The number of sulfonamides is 1. The van der Waals surface area contributed by atoms with Crippen LogP contribution in [0.25, 0.3) is 0 Å². The summed E-state index contributed by atoms with van der Waals surface area (Å²) in [6.45, 7) is 2.51. The molecule has 2 unspecified atom stereocenters. The van der Waals surface area contributed by atoms with E-state index in [1.54, 1.807) is 6.92 Å². The van der Waals surface area contributed by atoms with Crippen molar-refractivity contribution in [3.8, 4) is 0 Å². The molecule has 4 nitrogen and oxygen atoms in total. The Labute approximate surface area is 123 Å². The fourth-order valence-electron chi connectivity index (χ4n) is 2.39. The summed E-state index contributed by atoms with van der Waals surface area (Å²) in [5.74, 6) is -2.12. The molecular formula is C12H17ClF2N2O2S. The lowest BCUT2D eigenvalue weighted by molar-refractivity contribution is 0.404. The molecule has 114 valence electrons. The largest absolute Gasteiger partial charge is 0.330 e. The van der Waals surface area contributed by atoms with E-state index in [2.05, 4.69) is 0 Å². The summed E-state index contributed by atoms with van der Waals surface area (Å²) in [5.41, 5.74) is 5.55. The Bertz CT molecular complexity index is 583. The second kappa shape index (κ2) is 6.34. The van der Waals surface area contributed by atoms with E-state index in [4.69, 9.17) is 5.73 Å². The summed E-state index contributed by atoms with van der Waals surface area (Å²) in [4.78, 5) is -0.226. The Morgan fingerprint density at radius 1 is 1.35 bits per heavy atom. The normalized spacial score (nSPS) is 23.6. The van der Waals surface area contributed by atoms with E-state index in [9.17, 15) is 17.2 Å². The highest BCUT2D eigenvalue weighted by Gasteiger charge is 2.37. The third-order valence-electron chi connectivity index (χ3n) is 3.44. The Hall–Kier alpha value is -0.760. The van der Waals surface area contributed by atoms with E-state index < -0.39 is 21.7 Å². The fraction of sp³-hybridized carbons (Fsp3) is 0.500. The third kappa shape index (κ3) is 3.11. The van der Waals surface area contributed by atoms with Crippen molar-refractivity contribution < 1.29 is 17.2 Å². The number of benzene rings is 1. The van der Waals surface area contributed by atoms with Gasteiger partial charge in [0.25, 0.3) is 0 Å². The van der Waals surface area contributed by atoms with Gasteiger partial charge in [-0.05, 0) is 44.0 Å². The molecule has 0 aromatic heterocycles. The minimum absolute atomic E-state index is 0. The summed E-state index contributed by atoms with van der Waals surface area (Å²) in [5, 5.41) is 0. The van der Waals surface area contributed by atoms with Gasteiger partial charge in [-0.1, -0.05) is 0 Å². The van der Waals surface area contributed by atoms with Gasteiger partial charge in [0, 0.05) is 12.6 Å². The summed E-state index contributed by atoms with van der Waals surface area (Å²) in [7, 11) is -3.80. The Morgan fingerprint density at radius 2 is 2.00 bits per heavy atom. The van der Waals surface area contributed by atoms with Crippen molar-refractivity contribution >= 4 is 22.4 Å². The maximum absolute atomic E-state index is 13.2. The number of rotatable bonds is 3. The molecule has 2 atom stereocenters. The first-order valence-electron chi connectivity index (χ1n) is 6.03. The second-order valence-electron chi connectivity index (χ2n) is 4.84. The summed E-state index contributed by atoms with van der Waals surface area (Å²) in [6, 6.07) is 2.43. The van der Waals surface area contributed by atoms with Gasteiger partial charge < -0.3 is 5.73 Å². The molecular weight excluding hydrogens is 310 g/mol. The van der Waals surface area contributed by atoms with Crippen molar-refractivity contribution in [2.24, 2.45) is 11.7 Å². The van der Waals surface area contributed by atoms with E-state index >= 15 is 0 Å². The first kappa shape index (κ1) is 17.3. The lowest BCUT2D eigenvalue weighted by atomic mass is 10.1. The molecule has 20 heavy (non-hydrogen) atoms. The van der Waals surface area contributed by atoms with Crippen LogP contribution in [0.4, 0.5) is 8.78 Å². The Kier molecular flexibility index (Phi) is 5.48. The van der Waals surface area contributed by atoms with Crippen molar-refractivity contribution in [1.82, 2.24) is 4.31 Å². The molecule has 8 heteroatoms. The van der Waals surface area contributed by atoms with Crippen molar-refractivity contribution in [3.05, 3.63) is 29.8 Å². The second-order valence-corrected chi connectivity index (χ2v) is 6.73. The molecule has 0 saturated carbocycles. The third-order valence-corrected chi connectivity index (χ3v) is 5.41. The number of hydrogen-bond acceptors (Lipinski definition) is 3. The minimum atomic E-state index is -3.80. The first-order valence-corrected chi connectivity index (χ1v) is 7.47. The van der Waals surface area contributed by atoms with E-state index in [1.165, 1.54) is 4.31 Å². The van der Waals surface area contributed by atoms with E-state index in [1.807, 2.05) is 0 Å². The highest BCUT2D eigenvalue weighted by molar-refractivity contribution is 7.89. The van der Waals surface area contributed by atoms with Gasteiger partial charge in [0.2, 0.25) is 10.0 Å². The van der Waals surface area contributed by atoms with Gasteiger partial charge in [0.1, 0.15) is 0 Å². The van der Waals surface area contributed by atoms with E-state index in [0.29, 0.717) is 25.6 Å². The first-order chi connectivity index (χ1) is 8.86. The van der Waals surface area contributed by atoms with E-state index in [-0.39, 0.29) is 29.3 Å². The monoisotopic (exact) mass is 326 g/mol. The molecule has 1 fully saturated rings. The highest BCUT2D eigenvalue weighted by atomic mass is 35.5. The van der Waals surface area contributed by atoms with Gasteiger partial charge >= 0.3 is 0 Å². The van der Waals surface area contributed by atoms with Gasteiger partial charge in [-0.2, -0.15) is 4.31 Å². The van der Waals surface area contributed by atoms with Crippen LogP contribution in [0.3, 0.4) is 0 Å². The quantitative estimate of drug-likeness (QED) is 0.920. The molecule has 1 heterocycles. The lowest BCUT2D eigenvalue weighted by Crippen LogP contribution is -2.34. The van der Waals surface area contributed by atoms with Gasteiger partial charge in [-0.3, -0.25) is 0 Å². The molecule has 1 saturated heterocycles. The van der Waals surface area contributed by atoms with Crippen LogP contribution in [-0.2, 0) is 10.0 Å². The van der Waals surface area contributed by atoms with Crippen LogP contribution >= 0.6 is 12.4 Å². The number of nitrogens with two attached hydrogens (primary N) is 1. The molecule has 1 aromatic rings. The minimum Gasteiger partial charge on any atom is -0.330 e. The zero-order chi connectivity index (χ0) is 14.2. The molecule has 0 bridgehead atoms. The predicted molar refractivity (Wildman–Crippen MR) is 74.1 cm³/mol. The molecule has 1 aromatic carbocycles. The number of nitrogens with zero attached hydrogens (tertiary/aromatic N) is 1. The average molecular weight is 327 g/mol. The van der Waals surface area contributed by atoms with Crippen LogP contribution in [0.1, 0.15) is 13.3 Å². The maximum atomic E-state index is 13.2. The van der Waals surface area contributed by atoms with Crippen molar-refractivity contribution in [2.75, 3.05) is 13.1 Å². The molecule has 2 N–H and O–H groups in total. The molecule has 0 radical (unpaired) electrons. The van der Waals surface area contributed by atoms with Crippen LogP contribution < -0.4 is 5.73 Å². The number of hydrogen-bond donors (Lipinski definition) is 1. The van der Waals surface area contributed by atoms with Crippen LogP contribution in [-0.4, -0.2) is 31.9 Å². The summed E-state index contributed by atoms with van der Waals surface area (Å²) >= 11 is 0. The Balaban J connectivity index is 0.00000200. The molecule has 1 aliphatic heterocycles. The van der Waals surface area contributed by atoms with Crippen LogP contribution in [0.5, 0.6) is 0 Å². The molecule has 0 aliphatic carbocycles. The van der Waals surface area contributed by atoms with Crippen LogP contribution in [0, 0.1) is 17.6 Å². The molecule has 1 aliphatic rings. The SMILES string of the molecule is CC1CC(CN)CN1S(=O)(=O)c1ccc(F)c(F)c1.Cl. The van der Waals surface area contributed by atoms with Crippen LogP contribution in [0.2, 0.25) is 0 Å².